The largest absolute Gasteiger partial charge is 0.322 e. The van der Waals surface area contributed by atoms with Crippen molar-refractivity contribution in [2.75, 3.05) is 15.4 Å². The number of halogens is 2. The SMILES string of the molecule is O=C(Nc1ccc(Cl)c(Cl)c1)c1ccc(N2C(=O)CCS2(=O)=O)cc1. The van der Waals surface area contributed by atoms with Gasteiger partial charge >= 0.3 is 0 Å². The Bertz CT molecular complexity index is 959. The minimum atomic E-state index is -3.62. The minimum Gasteiger partial charge on any atom is -0.322 e. The molecular weight excluding hydrogens is 387 g/mol. The summed E-state index contributed by atoms with van der Waals surface area (Å²) in [6.07, 6.45) is -0.0398. The molecule has 25 heavy (non-hydrogen) atoms. The minimum absolute atomic E-state index is 0.0398. The number of carbonyl (C=O) groups is 2. The average Bonchev–Trinajstić information content (AvgIpc) is 2.84. The maximum Gasteiger partial charge on any atom is 0.255 e. The van der Waals surface area contributed by atoms with Crippen molar-refractivity contribution in [3.8, 4) is 0 Å². The van der Waals surface area contributed by atoms with Gasteiger partial charge in [0.05, 0.1) is 21.5 Å². The van der Waals surface area contributed by atoms with Gasteiger partial charge in [0.25, 0.3) is 5.91 Å². The van der Waals surface area contributed by atoms with Gasteiger partial charge in [-0.2, -0.15) is 0 Å². The van der Waals surface area contributed by atoms with Gasteiger partial charge in [0.2, 0.25) is 15.9 Å². The summed E-state index contributed by atoms with van der Waals surface area (Å²) in [6, 6.07) is 10.4. The Labute approximate surface area is 154 Å². The second kappa shape index (κ2) is 6.67. The lowest BCUT2D eigenvalue weighted by molar-refractivity contribution is -0.116. The van der Waals surface area contributed by atoms with Gasteiger partial charge in [0, 0.05) is 17.7 Å². The van der Waals surface area contributed by atoms with Gasteiger partial charge < -0.3 is 5.32 Å². The maximum atomic E-state index is 12.2. The predicted molar refractivity (Wildman–Crippen MR) is 96.7 cm³/mol. The van der Waals surface area contributed by atoms with Crippen molar-refractivity contribution in [3.05, 3.63) is 58.1 Å². The molecule has 0 saturated carbocycles. The lowest BCUT2D eigenvalue weighted by Gasteiger charge is -2.15. The summed E-state index contributed by atoms with van der Waals surface area (Å²) < 4.78 is 24.6. The average molecular weight is 399 g/mol. The molecule has 0 radical (unpaired) electrons. The quantitative estimate of drug-likeness (QED) is 0.859. The molecule has 0 bridgehead atoms. The number of amides is 2. The zero-order valence-electron chi connectivity index (χ0n) is 12.7. The van der Waals surface area contributed by atoms with Crippen molar-refractivity contribution in [3.63, 3.8) is 0 Å². The van der Waals surface area contributed by atoms with Crippen LogP contribution in [0.3, 0.4) is 0 Å². The number of hydrogen-bond donors (Lipinski definition) is 1. The topological polar surface area (TPSA) is 83.6 Å². The first-order valence-corrected chi connectivity index (χ1v) is 9.57. The highest BCUT2D eigenvalue weighted by molar-refractivity contribution is 7.94. The number of hydrogen-bond acceptors (Lipinski definition) is 4. The number of carbonyl (C=O) groups excluding carboxylic acids is 2. The van der Waals surface area contributed by atoms with Crippen molar-refractivity contribution in [1.82, 2.24) is 0 Å². The van der Waals surface area contributed by atoms with Gasteiger partial charge in [0.1, 0.15) is 0 Å². The molecule has 6 nitrogen and oxygen atoms in total. The first kappa shape index (κ1) is 17.7. The van der Waals surface area contributed by atoms with Crippen LogP contribution in [0, 0.1) is 0 Å². The van der Waals surface area contributed by atoms with Gasteiger partial charge in [-0.1, -0.05) is 23.2 Å². The van der Waals surface area contributed by atoms with Crippen LogP contribution in [0.4, 0.5) is 11.4 Å². The summed E-state index contributed by atoms with van der Waals surface area (Å²) >= 11 is 11.7. The van der Waals surface area contributed by atoms with Crippen LogP contribution in [-0.2, 0) is 14.8 Å². The van der Waals surface area contributed by atoms with E-state index in [1.165, 1.54) is 30.3 Å². The molecule has 1 aliphatic heterocycles. The van der Waals surface area contributed by atoms with E-state index in [0.29, 0.717) is 21.3 Å². The maximum absolute atomic E-state index is 12.2. The third-order valence-corrected chi connectivity index (χ3v) is 6.05. The van der Waals surface area contributed by atoms with Crippen LogP contribution in [0.1, 0.15) is 16.8 Å². The Balaban J connectivity index is 1.79. The third-order valence-electron chi connectivity index (χ3n) is 3.62. The molecule has 2 aromatic carbocycles. The molecule has 0 spiro atoms. The normalized spacial score (nSPS) is 16.1. The van der Waals surface area contributed by atoms with Gasteiger partial charge in [-0.05, 0) is 42.5 Å². The van der Waals surface area contributed by atoms with Crippen LogP contribution in [0.5, 0.6) is 0 Å². The van der Waals surface area contributed by atoms with Gasteiger partial charge in [-0.25, -0.2) is 12.7 Å². The highest BCUT2D eigenvalue weighted by Gasteiger charge is 2.36. The number of nitrogens with zero attached hydrogens (tertiary/aromatic N) is 1. The molecule has 0 atom stereocenters. The summed E-state index contributed by atoms with van der Waals surface area (Å²) in [5.41, 5.74) is 0.994. The first-order chi connectivity index (χ1) is 11.8. The standard InChI is InChI=1S/C16H12Cl2N2O4S/c17-13-6-3-11(9-14(13)18)19-16(22)10-1-4-12(5-2-10)20-15(21)7-8-25(20,23)24/h1-6,9H,7-8H2,(H,19,22). The summed E-state index contributed by atoms with van der Waals surface area (Å²) in [5, 5.41) is 3.35. The van der Waals surface area contributed by atoms with E-state index in [1.807, 2.05) is 0 Å². The van der Waals surface area contributed by atoms with Crippen LogP contribution in [0.25, 0.3) is 0 Å². The number of nitrogens with one attached hydrogen (secondary N) is 1. The molecule has 2 amide bonds. The van der Waals surface area contributed by atoms with Gasteiger partial charge in [0.15, 0.2) is 0 Å². The molecule has 3 rings (SSSR count). The molecule has 1 saturated heterocycles. The molecule has 1 aliphatic rings. The van der Waals surface area contributed by atoms with Gasteiger partial charge in [-0.15, -0.1) is 0 Å². The molecule has 9 heteroatoms. The molecule has 130 valence electrons. The van der Waals surface area contributed by atoms with E-state index in [4.69, 9.17) is 23.2 Å². The molecule has 0 aromatic heterocycles. The molecular formula is C16H12Cl2N2O4S. The van der Waals surface area contributed by atoms with Crippen molar-refractivity contribution >= 4 is 56.4 Å². The fourth-order valence-corrected chi connectivity index (χ4v) is 4.15. The van der Waals surface area contributed by atoms with Crippen molar-refractivity contribution in [1.29, 1.82) is 0 Å². The Morgan fingerprint density at radius 3 is 2.28 bits per heavy atom. The number of anilines is 2. The molecule has 1 N–H and O–H groups in total. The van der Waals surface area contributed by atoms with Crippen molar-refractivity contribution in [2.45, 2.75) is 6.42 Å². The summed E-state index contributed by atoms with van der Waals surface area (Å²) in [4.78, 5) is 24.0. The van der Waals surface area contributed by atoms with E-state index >= 15 is 0 Å². The fraction of sp³-hybridized carbons (Fsp3) is 0.125. The van der Waals surface area contributed by atoms with E-state index in [2.05, 4.69) is 5.32 Å². The van der Waals surface area contributed by atoms with Crippen LogP contribution in [0.15, 0.2) is 42.5 Å². The summed E-state index contributed by atoms with van der Waals surface area (Å²) in [7, 11) is -3.62. The van der Waals surface area contributed by atoms with Crippen LogP contribution in [0.2, 0.25) is 10.0 Å². The van der Waals surface area contributed by atoms with Crippen LogP contribution < -0.4 is 9.62 Å². The second-order valence-corrected chi connectivity index (χ2v) is 8.11. The molecule has 2 aromatic rings. The highest BCUT2D eigenvalue weighted by atomic mass is 35.5. The third kappa shape index (κ3) is 3.63. The Morgan fingerprint density at radius 1 is 1.04 bits per heavy atom. The van der Waals surface area contributed by atoms with E-state index < -0.39 is 21.8 Å². The Hall–Kier alpha value is -2.09. The summed E-state index contributed by atoms with van der Waals surface area (Å²) in [5.74, 6) is -1.08. The molecule has 0 unspecified atom stereocenters. The van der Waals surface area contributed by atoms with Crippen molar-refractivity contribution < 1.29 is 18.0 Å². The van der Waals surface area contributed by atoms with E-state index in [-0.39, 0.29) is 17.9 Å². The fourth-order valence-electron chi connectivity index (χ4n) is 2.39. The van der Waals surface area contributed by atoms with E-state index in [1.54, 1.807) is 12.1 Å². The zero-order valence-corrected chi connectivity index (χ0v) is 15.0. The van der Waals surface area contributed by atoms with Crippen molar-refractivity contribution in [2.24, 2.45) is 0 Å². The Morgan fingerprint density at radius 2 is 1.72 bits per heavy atom. The first-order valence-electron chi connectivity index (χ1n) is 7.20. The van der Waals surface area contributed by atoms with Crippen LogP contribution in [-0.4, -0.2) is 26.0 Å². The number of sulfonamides is 1. The molecule has 0 aliphatic carbocycles. The monoisotopic (exact) mass is 398 g/mol. The number of rotatable bonds is 3. The second-order valence-electron chi connectivity index (χ2n) is 5.35. The molecule has 1 heterocycles. The van der Waals surface area contributed by atoms with Crippen LogP contribution >= 0.6 is 23.2 Å². The lowest BCUT2D eigenvalue weighted by atomic mass is 10.2. The van der Waals surface area contributed by atoms with E-state index in [9.17, 15) is 18.0 Å². The zero-order chi connectivity index (χ0) is 18.2. The summed E-state index contributed by atoms with van der Waals surface area (Å²) in [6.45, 7) is 0. The van der Waals surface area contributed by atoms with Gasteiger partial charge in [-0.3, -0.25) is 9.59 Å². The number of benzene rings is 2. The van der Waals surface area contributed by atoms with E-state index in [0.717, 1.165) is 4.31 Å². The smallest absolute Gasteiger partial charge is 0.255 e. The predicted octanol–water partition coefficient (Wildman–Crippen LogP) is 3.31. The highest BCUT2D eigenvalue weighted by Crippen LogP contribution is 2.27. The lowest BCUT2D eigenvalue weighted by Crippen LogP contribution is -2.29. The molecule has 1 fully saturated rings. The Kier molecular flexibility index (Phi) is 4.73.